The molecule has 5 heteroatoms. The molecule has 1 aliphatic heterocycles. The Morgan fingerprint density at radius 1 is 1.15 bits per heavy atom. The van der Waals surface area contributed by atoms with Gasteiger partial charge in [-0.25, -0.2) is 0 Å². The normalized spacial score (nSPS) is 14.3. The van der Waals surface area contributed by atoms with Crippen molar-refractivity contribution in [3.8, 4) is 6.07 Å². The Balaban J connectivity index is 1.70. The summed E-state index contributed by atoms with van der Waals surface area (Å²) in [5, 5.41) is 9.24. The molecule has 2 aromatic carbocycles. The number of rotatable bonds is 3. The van der Waals surface area contributed by atoms with Gasteiger partial charge in [0.15, 0.2) is 0 Å². The average Bonchev–Trinajstić information content (AvgIpc) is 2.64. The molecule has 0 bridgehead atoms. The van der Waals surface area contributed by atoms with Crippen molar-refractivity contribution in [1.29, 1.82) is 5.26 Å². The summed E-state index contributed by atoms with van der Waals surface area (Å²) >= 11 is 0. The number of anilines is 1. The van der Waals surface area contributed by atoms with E-state index in [1.807, 2.05) is 38.1 Å². The maximum absolute atomic E-state index is 12.6. The first-order valence-corrected chi connectivity index (χ1v) is 8.63. The van der Waals surface area contributed by atoms with Gasteiger partial charge in [0.2, 0.25) is 11.8 Å². The summed E-state index contributed by atoms with van der Waals surface area (Å²) in [6, 6.07) is 15.2. The van der Waals surface area contributed by atoms with Crippen LogP contribution in [-0.4, -0.2) is 36.3 Å². The first-order chi connectivity index (χ1) is 12.5. The SMILES string of the molecule is Cc1ccc(C)c(CC(=O)N2CCN(c3ccccc3C#N)C(=O)C2)c1. The number of hydrogen-bond acceptors (Lipinski definition) is 3. The smallest absolute Gasteiger partial charge is 0.246 e. The fourth-order valence-corrected chi connectivity index (χ4v) is 3.21. The second kappa shape index (κ2) is 7.40. The van der Waals surface area contributed by atoms with Gasteiger partial charge in [0, 0.05) is 13.1 Å². The molecule has 5 nitrogen and oxygen atoms in total. The highest BCUT2D eigenvalue weighted by atomic mass is 16.2. The largest absolute Gasteiger partial charge is 0.331 e. The van der Waals surface area contributed by atoms with E-state index >= 15 is 0 Å². The molecular formula is C21H21N3O2. The van der Waals surface area contributed by atoms with E-state index in [9.17, 15) is 14.9 Å². The van der Waals surface area contributed by atoms with Crippen molar-refractivity contribution in [3.05, 3.63) is 64.7 Å². The molecule has 0 aliphatic carbocycles. The Bertz CT molecular complexity index is 898. The number of piperazine rings is 1. The van der Waals surface area contributed by atoms with Crippen LogP contribution in [0.15, 0.2) is 42.5 Å². The first kappa shape index (κ1) is 17.7. The molecule has 0 radical (unpaired) electrons. The lowest BCUT2D eigenvalue weighted by Crippen LogP contribution is -2.53. The monoisotopic (exact) mass is 347 g/mol. The van der Waals surface area contributed by atoms with Gasteiger partial charge < -0.3 is 9.80 Å². The fraction of sp³-hybridized carbons (Fsp3) is 0.286. The predicted molar refractivity (Wildman–Crippen MR) is 99.7 cm³/mol. The van der Waals surface area contributed by atoms with Crippen molar-refractivity contribution < 1.29 is 9.59 Å². The summed E-state index contributed by atoms with van der Waals surface area (Å²) in [5.74, 6) is -0.200. The van der Waals surface area contributed by atoms with Gasteiger partial charge in [-0.05, 0) is 37.1 Å². The average molecular weight is 347 g/mol. The highest BCUT2D eigenvalue weighted by molar-refractivity contribution is 5.99. The number of nitriles is 1. The number of nitrogens with zero attached hydrogens (tertiary/aromatic N) is 3. The molecule has 132 valence electrons. The number of hydrogen-bond donors (Lipinski definition) is 0. The van der Waals surface area contributed by atoms with Crippen molar-refractivity contribution in [1.82, 2.24) is 4.90 Å². The molecule has 1 fully saturated rings. The lowest BCUT2D eigenvalue weighted by molar-refractivity contribution is -0.136. The summed E-state index contributed by atoms with van der Waals surface area (Å²) < 4.78 is 0. The maximum Gasteiger partial charge on any atom is 0.246 e. The van der Waals surface area contributed by atoms with Crippen LogP contribution < -0.4 is 4.90 Å². The van der Waals surface area contributed by atoms with Gasteiger partial charge in [-0.2, -0.15) is 5.26 Å². The van der Waals surface area contributed by atoms with E-state index in [2.05, 4.69) is 6.07 Å². The lowest BCUT2D eigenvalue weighted by Gasteiger charge is -2.34. The molecule has 0 spiro atoms. The van der Waals surface area contributed by atoms with Gasteiger partial charge in [0.1, 0.15) is 12.6 Å². The molecule has 3 rings (SSSR count). The second-order valence-electron chi connectivity index (χ2n) is 6.60. The van der Waals surface area contributed by atoms with E-state index in [0.717, 1.165) is 16.7 Å². The van der Waals surface area contributed by atoms with E-state index in [1.165, 1.54) is 0 Å². The summed E-state index contributed by atoms with van der Waals surface area (Å²) in [7, 11) is 0. The minimum absolute atomic E-state index is 0.0414. The third kappa shape index (κ3) is 3.60. The van der Waals surface area contributed by atoms with E-state index in [0.29, 0.717) is 30.8 Å². The predicted octanol–water partition coefficient (Wildman–Crippen LogP) is 2.59. The van der Waals surface area contributed by atoms with Gasteiger partial charge in [-0.15, -0.1) is 0 Å². The molecule has 1 heterocycles. The van der Waals surface area contributed by atoms with Gasteiger partial charge >= 0.3 is 0 Å². The first-order valence-electron chi connectivity index (χ1n) is 8.63. The highest BCUT2D eigenvalue weighted by Gasteiger charge is 2.29. The van der Waals surface area contributed by atoms with Crippen LogP contribution in [0.4, 0.5) is 5.69 Å². The van der Waals surface area contributed by atoms with Gasteiger partial charge in [-0.1, -0.05) is 35.9 Å². The quantitative estimate of drug-likeness (QED) is 0.857. The Hall–Kier alpha value is -3.13. The zero-order valence-corrected chi connectivity index (χ0v) is 15.0. The standard InChI is InChI=1S/C21H21N3O2/c1-15-7-8-16(2)18(11-15)12-20(25)23-9-10-24(21(26)14-23)19-6-4-3-5-17(19)13-22/h3-8,11H,9-10,12,14H2,1-2H3. The molecule has 0 unspecified atom stereocenters. The number of carbonyl (C=O) groups excluding carboxylic acids is 2. The highest BCUT2D eigenvalue weighted by Crippen LogP contribution is 2.22. The van der Waals surface area contributed by atoms with Crippen LogP contribution >= 0.6 is 0 Å². The summed E-state index contributed by atoms with van der Waals surface area (Å²) in [4.78, 5) is 28.4. The minimum atomic E-state index is -0.159. The molecule has 1 saturated heterocycles. The number of benzene rings is 2. The number of amides is 2. The molecule has 0 saturated carbocycles. The van der Waals surface area contributed by atoms with E-state index in [1.54, 1.807) is 28.0 Å². The Kier molecular flexibility index (Phi) is 5.04. The Labute approximate surface area is 153 Å². The van der Waals surface area contributed by atoms with Crippen LogP contribution in [0.3, 0.4) is 0 Å². The summed E-state index contributed by atoms with van der Waals surface area (Å²) in [6.45, 7) is 4.90. The molecule has 2 aromatic rings. The minimum Gasteiger partial charge on any atom is -0.331 e. The van der Waals surface area contributed by atoms with Gasteiger partial charge in [-0.3, -0.25) is 9.59 Å². The topological polar surface area (TPSA) is 64.4 Å². The fourth-order valence-electron chi connectivity index (χ4n) is 3.21. The van der Waals surface area contributed by atoms with E-state index < -0.39 is 0 Å². The van der Waals surface area contributed by atoms with Crippen LogP contribution in [0.1, 0.15) is 22.3 Å². The third-order valence-corrected chi connectivity index (χ3v) is 4.74. The Morgan fingerprint density at radius 2 is 1.92 bits per heavy atom. The molecule has 2 amide bonds. The van der Waals surface area contributed by atoms with Crippen LogP contribution in [0.25, 0.3) is 0 Å². The van der Waals surface area contributed by atoms with Crippen LogP contribution in [0.2, 0.25) is 0 Å². The van der Waals surface area contributed by atoms with Crippen LogP contribution in [-0.2, 0) is 16.0 Å². The van der Waals surface area contributed by atoms with Crippen molar-refractivity contribution in [2.45, 2.75) is 20.3 Å². The summed E-state index contributed by atoms with van der Waals surface area (Å²) in [6.07, 6.45) is 0.301. The van der Waals surface area contributed by atoms with Crippen molar-refractivity contribution in [2.75, 3.05) is 24.5 Å². The Morgan fingerprint density at radius 3 is 2.65 bits per heavy atom. The third-order valence-electron chi connectivity index (χ3n) is 4.74. The summed E-state index contributed by atoms with van der Waals surface area (Å²) in [5.41, 5.74) is 4.28. The van der Waals surface area contributed by atoms with Gasteiger partial charge in [0.25, 0.3) is 0 Å². The number of aryl methyl sites for hydroxylation is 2. The molecule has 26 heavy (non-hydrogen) atoms. The van der Waals surface area contributed by atoms with Crippen LogP contribution in [0.5, 0.6) is 0 Å². The molecular weight excluding hydrogens is 326 g/mol. The molecule has 0 aromatic heterocycles. The number of para-hydroxylation sites is 1. The van der Waals surface area contributed by atoms with Gasteiger partial charge in [0.05, 0.1) is 17.7 Å². The molecule has 0 N–H and O–H groups in total. The van der Waals surface area contributed by atoms with Crippen molar-refractivity contribution in [3.63, 3.8) is 0 Å². The molecule has 0 atom stereocenters. The van der Waals surface area contributed by atoms with E-state index in [-0.39, 0.29) is 18.4 Å². The number of carbonyl (C=O) groups is 2. The van der Waals surface area contributed by atoms with Crippen molar-refractivity contribution in [2.24, 2.45) is 0 Å². The lowest BCUT2D eigenvalue weighted by atomic mass is 10.0. The second-order valence-corrected chi connectivity index (χ2v) is 6.60. The zero-order chi connectivity index (χ0) is 18.7. The maximum atomic E-state index is 12.6. The van der Waals surface area contributed by atoms with Crippen molar-refractivity contribution >= 4 is 17.5 Å². The van der Waals surface area contributed by atoms with Crippen LogP contribution in [0, 0.1) is 25.2 Å². The van der Waals surface area contributed by atoms with E-state index in [4.69, 9.17) is 0 Å². The molecule has 1 aliphatic rings. The zero-order valence-electron chi connectivity index (χ0n) is 15.0.